The molecule has 0 spiro atoms. The van der Waals surface area contributed by atoms with E-state index in [4.69, 9.17) is 0 Å². The molecule has 0 saturated heterocycles. The van der Waals surface area contributed by atoms with Crippen molar-refractivity contribution in [2.75, 3.05) is 5.32 Å². The summed E-state index contributed by atoms with van der Waals surface area (Å²) >= 11 is 0. The van der Waals surface area contributed by atoms with E-state index in [0.717, 1.165) is 11.1 Å². The van der Waals surface area contributed by atoms with Gasteiger partial charge in [0.25, 0.3) is 0 Å². The summed E-state index contributed by atoms with van der Waals surface area (Å²) in [6, 6.07) is 9.78. The average molecular weight is 392 g/mol. The number of rotatable bonds is 7. The van der Waals surface area contributed by atoms with Crippen LogP contribution in [0.2, 0.25) is 0 Å². The van der Waals surface area contributed by atoms with Gasteiger partial charge in [-0.05, 0) is 56.0 Å². The van der Waals surface area contributed by atoms with Crippen molar-refractivity contribution in [3.05, 3.63) is 59.4 Å². The third-order valence-electron chi connectivity index (χ3n) is 4.03. The molecule has 1 unspecified atom stereocenters. The minimum Gasteiger partial charge on any atom is -0.322 e. The van der Waals surface area contributed by atoms with Crippen LogP contribution in [0.3, 0.4) is 0 Å². The summed E-state index contributed by atoms with van der Waals surface area (Å²) in [4.78, 5) is 12.7. The van der Waals surface area contributed by atoms with Crippen LogP contribution < -0.4 is 10.0 Å². The number of halogens is 1. The fourth-order valence-electron chi connectivity index (χ4n) is 2.59. The van der Waals surface area contributed by atoms with Gasteiger partial charge in [-0.15, -0.1) is 0 Å². The summed E-state index contributed by atoms with van der Waals surface area (Å²) in [6.07, 6.45) is 0.282. The minimum absolute atomic E-state index is 0.0221. The lowest BCUT2D eigenvalue weighted by molar-refractivity contribution is -0.118. The first-order valence-electron chi connectivity index (χ1n) is 8.74. The molecule has 5 nitrogen and oxygen atoms in total. The molecule has 2 aromatic carbocycles. The molecule has 0 aliphatic rings. The Labute approximate surface area is 160 Å². The Hall–Kier alpha value is -2.25. The number of carbonyl (C=O) groups is 1. The molecule has 7 heteroatoms. The van der Waals surface area contributed by atoms with Crippen LogP contribution in [0.25, 0.3) is 0 Å². The van der Waals surface area contributed by atoms with Crippen molar-refractivity contribution in [2.24, 2.45) is 5.92 Å². The summed E-state index contributed by atoms with van der Waals surface area (Å²) in [6.45, 7) is 7.36. The molecule has 1 amide bonds. The van der Waals surface area contributed by atoms with E-state index in [1.807, 2.05) is 20.8 Å². The van der Waals surface area contributed by atoms with Gasteiger partial charge in [0.05, 0.1) is 10.6 Å². The van der Waals surface area contributed by atoms with Crippen molar-refractivity contribution in [3.63, 3.8) is 0 Å². The van der Waals surface area contributed by atoms with Gasteiger partial charge in [-0.25, -0.2) is 12.8 Å². The summed E-state index contributed by atoms with van der Waals surface area (Å²) in [5, 5.41) is 2.49. The van der Waals surface area contributed by atoms with E-state index in [1.165, 1.54) is 24.3 Å². The molecule has 2 rings (SSSR count). The zero-order chi connectivity index (χ0) is 20.2. The Morgan fingerprint density at radius 1 is 1.04 bits per heavy atom. The number of amides is 1. The number of benzene rings is 2. The second-order valence-electron chi connectivity index (χ2n) is 7.09. The van der Waals surface area contributed by atoms with E-state index >= 15 is 0 Å². The van der Waals surface area contributed by atoms with Crippen LogP contribution in [0.4, 0.5) is 10.1 Å². The number of aryl methyl sites for hydroxylation is 2. The smallest absolute Gasteiger partial charge is 0.242 e. The van der Waals surface area contributed by atoms with Crippen LogP contribution in [0.15, 0.2) is 47.4 Å². The second-order valence-corrected chi connectivity index (χ2v) is 8.80. The lowest BCUT2D eigenvalue weighted by Crippen LogP contribution is -2.44. The maximum atomic E-state index is 14.0. The van der Waals surface area contributed by atoms with E-state index in [0.29, 0.717) is 0 Å². The van der Waals surface area contributed by atoms with Crippen molar-refractivity contribution in [3.8, 4) is 0 Å². The quantitative estimate of drug-likeness (QED) is 0.753. The van der Waals surface area contributed by atoms with Crippen LogP contribution in [0, 0.1) is 25.6 Å². The standard InChI is InChI=1S/C20H25FN2O3S/c1-13(2)11-19(20(24)22-18-10-7-15(4)12-17(18)21)23-27(25,26)16-8-5-14(3)6-9-16/h5-10,12-13,19,23H,11H2,1-4H3,(H,22,24). The van der Waals surface area contributed by atoms with E-state index < -0.39 is 27.8 Å². The van der Waals surface area contributed by atoms with Gasteiger partial charge in [-0.1, -0.05) is 37.6 Å². The Morgan fingerprint density at radius 2 is 1.63 bits per heavy atom. The number of hydrogen-bond acceptors (Lipinski definition) is 3. The molecule has 2 N–H and O–H groups in total. The lowest BCUT2D eigenvalue weighted by atomic mass is 10.0. The number of carbonyl (C=O) groups excluding carboxylic acids is 1. The number of nitrogens with one attached hydrogen (secondary N) is 2. The van der Waals surface area contributed by atoms with Crippen LogP contribution in [-0.4, -0.2) is 20.4 Å². The molecule has 0 saturated carbocycles. The molecule has 0 aromatic heterocycles. The van der Waals surface area contributed by atoms with Gasteiger partial charge < -0.3 is 5.32 Å². The van der Waals surface area contributed by atoms with Gasteiger partial charge in [-0.3, -0.25) is 4.79 Å². The monoisotopic (exact) mass is 392 g/mol. The first-order chi connectivity index (χ1) is 12.6. The van der Waals surface area contributed by atoms with Crippen LogP contribution in [0.5, 0.6) is 0 Å². The fourth-order valence-corrected chi connectivity index (χ4v) is 3.80. The average Bonchev–Trinajstić information content (AvgIpc) is 2.56. The van der Waals surface area contributed by atoms with Crippen molar-refractivity contribution in [2.45, 2.75) is 45.1 Å². The highest BCUT2D eigenvalue weighted by Crippen LogP contribution is 2.18. The van der Waals surface area contributed by atoms with Crippen molar-refractivity contribution in [1.82, 2.24) is 4.72 Å². The predicted octanol–water partition coefficient (Wildman–Crippen LogP) is 3.77. The topological polar surface area (TPSA) is 75.3 Å². The van der Waals surface area contributed by atoms with E-state index in [9.17, 15) is 17.6 Å². The van der Waals surface area contributed by atoms with Gasteiger partial charge in [-0.2, -0.15) is 4.72 Å². The van der Waals surface area contributed by atoms with Gasteiger partial charge in [0, 0.05) is 0 Å². The zero-order valence-corrected chi connectivity index (χ0v) is 16.7. The summed E-state index contributed by atoms with van der Waals surface area (Å²) in [5.74, 6) is -1.10. The number of sulfonamides is 1. The maximum Gasteiger partial charge on any atom is 0.242 e. The van der Waals surface area contributed by atoms with Gasteiger partial charge in [0.15, 0.2) is 0 Å². The molecule has 0 bridgehead atoms. The molecule has 0 aliphatic carbocycles. The third kappa shape index (κ3) is 5.87. The molecule has 2 aromatic rings. The largest absolute Gasteiger partial charge is 0.322 e. The van der Waals surface area contributed by atoms with Crippen LogP contribution in [0.1, 0.15) is 31.4 Å². The molecule has 27 heavy (non-hydrogen) atoms. The Morgan fingerprint density at radius 3 is 2.19 bits per heavy atom. The summed E-state index contributed by atoms with van der Waals surface area (Å²) in [7, 11) is -3.88. The number of anilines is 1. The highest BCUT2D eigenvalue weighted by Gasteiger charge is 2.27. The third-order valence-corrected chi connectivity index (χ3v) is 5.52. The Balaban J connectivity index is 2.23. The minimum atomic E-state index is -3.88. The van der Waals surface area contributed by atoms with Crippen LogP contribution >= 0.6 is 0 Å². The summed E-state index contributed by atoms with van der Waals surface area (Å²) < 4.78 is 41.8. The van der Waals surface area contributed by atoms with Crippen LogP contribution in [-0.2, 0) is 14.8 Å². The van der Waals surface area contributed by atoms with Gasteiger partial charge in [0.2, 0.25) is 15.9 Å². The van der Waals surface area contributed by atoms with Crippen molar-refractivity contribution >= 4 is 21.6 Å². The fraction of sp³-hybridized carbons (Fsp3) is 0.350. The molecule has 1 atom stereocenters. The molecule has 0 fully saturated rings. The first kappa shape index (κ1) is 21.1. The highest BCUT2D eigenvalue weighted by molar-refractivity contribution is 7.89. The Kier molecular flexibility index (Phi) is 6.73. The van der Waals surface area contributed by atoms with Gasteiger partial charge in [0.1, 0.15) is 11.9 Å². The lowest BCUT2D eigenvalue weighted by Gasteiger charge is -2.20. The van der Waals surface area contributed by atoms with Crippen molar-refractivity contribution < 1.29 is 17.6 Å². The second kappa shape index (κ2) is 8.63. The van der Waals surface area contributed by atoms with E-state index in [1.54, 1.807) is 25.1 Å². The highest BCUT2D eigenvalue weighted by atomic mass is 32.2. The van der Waals surface area contributed by atoms with E-state index in [2.05, 4.69) is 10.0 Å². The van der Waals surface area contributed by atoms with E-state index in [-0.39, 0.29) is 22.9 Å². The molecular weight excluding hydrogens is 367 g/mol. The predicted molar refractivity (Wildman–Crippen MR) is 105 cm³/mol. The molecular formula is C20H25FN2O3S. The molecule has 0 heterocycles. The Bertz CT molecular complexity index is 909. The summed E-state index contributed by atoms with van der Waals surface area (Å²) in [5.41, 5.74) is 1.68. The molecule has 0 aliphatic heterocycles. The maximum absolute atomic E-state index is 14.0. The SMILES string of the molecule is Cc1ccc(S(=O)(=O)NC(CC(C)C)C(=O)Nc2ccc(C)cc2F)cc1. The number of hydrogen-bond donors (Lipinski definition) is 2. The molecule has 0 radical (unpaired) electrons. The zero-order valence-electron chi connectivity index (χ0n) is 15.9. The first-order valence-corrected chi connectivity index (χ1v) is 10.2. The van der Waals surface area contributed by atoms with Crippen molar-refractivity contribution in [1.29, 1.82) is 0 Å². The normalized spacial score (nSPS) is 12.8. The molecule has 146 valence electrons. The van der Waals surface area contributed by atoms with Gasteiger partial charge >= 0.3 is 0 Å².